The van der Waals surface area contributed by atoms with E-state index in [1.54, 1.807) is 0 Å². The highest BCUT2D eigenvalue weighted by Crippen LogP contribution is 2.12. The molecule has 0 aliphatic heterocycles. The molecule has 1 N–H and O–H groups in total. The molecule has 0 fully saturated rings. The molecule has 2 heteroatoms. The van der Waals surface area contributed by atoms with Crippen LogP contribution in [0.25, 0.3) is 0 Å². The molecule has 17 heavy (non-hydrogen) atoms. The van der Waals surface area contributed by atoms with Crippen molar-refractivity contribution in [1.82, 2.24) is 0 Å². The van der Waals surface area contributed by atoms with Gasteiger partial charge < -0.3 is 5.11 Å². The van der Waals surface area contributed by atoms with E-state index in [0.717, 1.165) is 12.8 Å². The molecule has 0 bridgehead atoms. The number of aliphatic hydroxyl groups excluding tert-OH is 1. The minimum absolute atomic E-state index is 0.428. The molecule has 1 unspecified atom stereocenters. The van der Waals surface area contributed by atoms with Crippen LogP contribution in [0.15, 0.2) is 0 Å². The molecule has 0 aromatic rings. The minimum Gasteiger partial charge on any atom is -0.366 e. The van der Waals surface area contributed by atoms with E-state index in [4.69, 9.17) is 5.11 Å². The first-order valence-electron chi connectivity index (χ1n) is 7.61. The van der Waals surface area contributed by atoms with Crippen LogP contribution < -0.4 is 0 Å². The number of unbranched alkanes of at least 4 members (excludes halogenated alkanes) is 11. The third-order valence-corrected chi connectivity index (χ3v) is 3.30. The first-order chi connectivity index (χ1) is 8.27. The maximum atomic E-state index is 10.4. The number of hydrogen-bond donors (Lipinski definition) is 1. The van der Waals surface area contributed by atoms with Gasteiger partial charge in [0.2, 0.25) is 0 Å². The molecule has 0 rings (SSSR count). The summed E-state index contributed by atoms with van der Waals surface area (Å²) in [5, 5.41) is 18.9. The maximum absolute atomic E-state index is 10.4. The van der Waals surface area contributed by atoms with Crippen molar-refractivity contribution in [3.8, 4) is 0 Å². The summed E-state index contributed by atoms with van der Waals surface area (Å²) in [6, 6.07) is 0. The van der Waals surface area contributed by atoms with Crippen LogP contribution in [0, 0.1) is 0 Å². The molecule has 103 valence electrons. The molecule has 0 aromatic heterocycles. The largest absolute Gasteiger partial charge is 0.366 e. The normalized spacial score (nSPS) is 11.3. The fourth-order valence-corrected chi connectivity index (χ4v) is 2.16. The molecule has 0 saturated carbocycles. The molecule has 0 amide bonds. The molecule has 1 atom stereocenters. The second-order valence-corrected chi connectivity index (χ2v) is 5.13. The van der Waals surface area contributed by atoms with E-state index in [1.807, 2.05) is 0 Å². The lowest BCUT2D eigenvalue weighted by Crippen LogP contribution is -2.00. The second kappa shape index (κ2) is 14.0. The van der Waals surface area contributed by atoms with Crippen LogP contribution in [0.2, 0.25) is 0 Å². The average molecular weight is 243 g/mol. The van der Waals surface area contributed by atoms with Crippen molar-refractivity contribution in [3.05, 3.63) is 0 Å². The van der Waals surface area contributed by atoms with E-state index in [1.165, 1.54) is 64.2 Å². The zero-order valence-electron chi connectivity index (χ0n) is 11.6. The highest BCUT2D eigenvalue weighted by molar-refractivity contribution is 4.49. The lowest BCUT2D eigenvalue weighted by Gasteiger charge is -2.03. The van der Waals surface area contributed by atoms with Crippen molar-refractivity contribution in [3.63, 3.8) is 0 Å². The topological polar surface area (TPSA) is 40.1 Å². The van der Waals surface area contributed by atoms with Gasteiger partial charge >= 0.3 is 0 Å². The lowest BCUT2D eigenvalue weighted by atomic mass is 10.0. The van der Waals surface area contributed by atoms with E-state index < -0.39 is 6.29 Å². The number of aliphatic hydroxyl groups is 1. The lowest BCUT2D eigenvalue weighted by molar-refractivity contribution is -0.0968. The first kappa shape index (κ1) is 16.9. The monoisotopic (exact) mass is 243 g/mol. The van der Waals surface area contributed by atoms with Crippen LogP contribution in [-0.4, -0.2) is 11.4 Å². The molecule has 0 saturated heterocycles. The Morgan fingerprint density at radius 3 is 1.41 bits per heavy atom. The molecule has 0 heterocycles. The Bertz CT molecular complexity index is 135. The van der Waals surface area contributed by atoms with Crippen LogP contribution in [0.4, 0.5) is 0 Å². The van der Waals surface area contributed by atoms with E-state index in [-0.39, 0.29) is 0 Å². The van der Waals surface area contributed by atoms with Crippen LogP contribution in [-0.2, 0) is 5.11 Å². The Hall–Kier alpha value is -0.0800. The van der Waals surface area contributed by atoms with Crippen LogP contribution >= 0.6 is 0 Å². The van der Waals surface area contributed by atoms with Crippen molar-refractivity contribution < 1.29 is 10.2 Å². The van der Waals surface area contributed by atoms with E-state index in [9.17, 15) is 5.11 Å². The van der Waals surface area contributed by atoms with Gasteiger partial charge in [-0.1, -0.05) is 77.6 Å². The Kier molecular flexibility index (Phi) is 13.9. The second-order valence-electron chi connectivity index (χ2n) is 5.13. The van der Waals surface area contributed by atoms with E-state index in [0.29, 0.717) is 6.42 Å². The van der Waals surface area contributed by atoms with Gasteiger partial charge in [-0.3, -0.25) is 0 Å². The van der Waals surface area contributed by atoms with Crippen LogP contribution in [0.5, 0.6) is 0 Å². The standard InChI is InChI=1S/C15H31O2/c1-2-3-4-5-6-7-8-9-10-11-12-13-14-15(16)17/h15-16H,2-14H2,1H3. The Balaban J connectivity index is 2.89. The molecular weight excluding hydrogens is 212 g/mol. The molecule has 1 radical (unpaired) electrons. The van der Waals surface area contributed by atoms with Gasteiger partial charge in [0, 0.05) is 6.42 Å². The van der Waals surface area contributed by atoms with Gasteiger partial charge in [-0.2, -0.15) is 0 Å². The van der Waals surface area contributed by atoms with Gasteiger partial charge in [-0.05, 0) is 6.42 Å². The van der Waals surface area contributed by atoms with E-state index >= 15 is 0 Å². The van der Waals surface area contributed by atoms with Crippen LogP contribution in [0.1, 0.15) is 90.4 Å². The molecule has 0 aromatic carbocycles. The zero-order valence-corrected chi connectivity index (χ0v) is 11.6. The van der Waals surface area contributed by atoms with Crippen molar-refractivity contribution in [2.75, 3.05) is 0 Å². The highest BCUT2D eigenvalue weighted by atomic mass is 16.5. The number of rotatable bonds is 13. The van der Waals surface area contributed by atoms with Gasteiger partial charge in [0.1, 0.15) is 0 Å². The quantitative estimate of drug-likeness (QED) is 0.365. The van der Waals surface area contributed by atoms with Crippen molar-refractivity contribution >= 4 is 0 Å². The first-order valence-corrected chi connectivity index (χ1v) is 7.61. The molecule has 0 aliphatic rings. The maximum Gasteiger partial charge on any atom is 0.188 e. The summed E-state index contributed by atoms with van der Waals surface area (Å²) in [5.74, 6) is 0. The summed E-state index contributed by atoms with van der Waals surface area (Å²) in [6.45, 7) is 2.26. The number of hydrogen-bond acceptors (Lipinski definition) is 1. The zero-order chi connectivity index (χ0) is 12.8. The Morgan fingerprint density at radius 2 is 1.06 bits per heavy atom. The van der Waals surface area contributed by atoms with Gasteiger partial charge in [0.15, 0.2) is 6.29 Å². The predicted molar refractivity (Wildman–Crippen MR) is 72.4 cm³/mol. The van der Waals surface area contributed by atoms with Crippen LogP contribution in [0.3, 0.4) is 0 Å². The smallest absolute Gasteiger partial charge is 0.188 e. The summed E-state index contributed by atoms with van der Waals surface area (Å²) in [7, 11) is 0. The molecule has 0 spiro atoms. The SMILES string of the molecule is CCCCCCCCCCCCCCC([O])O. The Labute approximate surface area is 107 Å². The van der Waals surface area contributed by atoms with Crippen molar-refractivity contribution in [2.24, 2.45) is 0 Å². The van der Waals surface area contributed by atoms with Gasteiger partial charge in [-0.15, -0.1) is 0 Å². The van der Waals surface area contributed by atoms with Crippen molar-refractivity contribution in [2.45, 2.75) is 96.7 Å². The summed E-state index contributed by atoms with van der Waals surface area (Å²) >= 11 is 0. The third-order valence-electron chi connectivity index (χ3n) is 3.30. The van der Waals surface area contributed by atoms with Gasteiger partial charge in [0.25, 0.3) is 0 Å². The molecule has 0 aliphatic carbocycles. The molecular formula is C15H31O2. The minimum atomic E-state index is -1.35. The van der Waals surface area contributed by atoms with Gasteiger partial charge in [-0.25, -0.2) is 5.11 Å². The fraction of sp³-hybridized carbons (Fsp3) is 1.00. The summed E-state index contributed by atoms with van der Waals surface area (Å²) in [6.07, 6.45) is 14.7. The van der Waals surface area contributed by atoms with E-state index in [2.05, 4.69) is 6.92 Å². The third kappa shape index (κ3) is 15.9. The van der Waals surface area contributed by atoms with Gasteiger partial charge in [0.05, 0.1) is 0 Å². The average Bonchev–Trinajstić information content (AvgIpc) is 2.30. The highest BCUT2D eigenvalue weighted by Gasteiger charge is 1.98. The Morgan fingerprint density at radius 1 is 0.706 bits per heavy atom. The van der Waals surface area contributed by atoms with Crippen molar-refractivity contribution in [1.29, 1.82) is 0 Å². The summed E-state index contributed by atoms with van der Waals surface area (Å²) in [5.41, 5.74) is 0. The summed E-state index contributed by atoms with van der Waals surface area (Å²) < 4.78 is 0. The fourth-order valence-electron chi connectivity index (χ4n) is 2.16. The summed E-state index contributed by atoms with van der Waals surface area (Å²) in [4.78, 5) is 0. The molecule has 2 nitrogen and oxygen atoms in total. The predicted octanol–water partition coefficient (Wildman–Crippen LogP) is 4.83.